The lowest BCUT2D eigenvalue weighted by atomic mass is 9.43. The number of hydrogen-bond acceptors (Lipinski definition) is 1. The molecule has 4 saturated carbocycles. The van der Waals surface area contributed by atoms with Gasteiger partial charge in [0.2, 0.25) is 0 Å². The maximum absolute atomic E-state index is 3.91. The summed E-state index contributed by atoms with van der Waals surface area (Å²) >= 11 is 0. The Labute approximate surface area is 243 Å². The molecule has 5 aromatic carbocycles. The fourth-order valence-corrected chi connectivity index (χ4v) is 9.80. The van der Waals surface area contributed by atoms with Crippen LogP contribution < -0.4 is 5.32 Å². The maximum Gasteiger partial charge on any atom is 0.0464 e. The number of anilines is 2. The number of nitrogens with one attached hydrogen (secondary N) is 1. The van der Waals surface area contributed by atoms with Gasteiger partial charge in [-0.1, -0.05) is 103 Å². The second kappa shape index (κ2) is 8.95. The van der Waals surface area contributed by atoms with E-state index in [-0.39, 0.29) is 5.41 Å². The molecular weight excluding hydrogens is 494 g/mol. The number of rotatable bonds is 4. The van der Waals surface area contributed by atoms with Crippen molar-refractivity contribution in [3.8, 4) is 33.4 Å². The van der Waals surface area contributed by atoms with Crippen molar-refractivity contribution >= 4 is 11.4 Å². The van der Waals surface area contributed by atoms with Gasteiger partial charge in [-0.15, -0.1) is 0 Å². The van der Waals surface area contributed by atoms with Gasteiger partial charge in [-0.2, -0.15) is 0 Å². The highest BCUT2D eigenvalue weighted by molar-refractivity contribution is 5.91. The highest BCUT2D eigenvalue weighted by Gasteiger charge is 2.61. The van der Waals surface area contributed by atoms with Crippen LogP contribution in [-0.2, 0) is 5.41 Å². The van der Waals surface area contributed by atoms with Gasteiger partial charge < -0.3 is 5.32 Å². The average molecular weight is 530 g/mol. The van der Waals surface area contributed by atoms with Crippen LogP contribution in [0.15, 0.2) is 121 Å². The molecule has 4 fully saturated rings. The summed E-state index contributed by atoms with van der Waals surface area (Å²) in [6.45, 7) is 0. The third-order valence-electron chi connectivity index (χ3n) is 11.1. The predicted octanol–water partition coefficient (Wildman–Crippen LogP) is 10.5. The van der Waals surface area contributed by atoms with E-state index in [2.05, 4.69) is 127 Å². The smallest absolute Gasteiger partial charge is 0.0464 e. The Hall–Kier alpha value is -4.10. The van der Waals surface area contributed by atoms with Gasteiger partial charge >= 0.3 is 0 Å². The summed E-state index contributed by atoms with van der Waals surface area (Å²) < 4.78 is 0. The topological polar surface area (TPSA) is 12.0 Å². The van der Waals surface area contributed by atoms with Gasteiger partial charge in [-0.3, -0.25) is 0 Å². The number of hydrogen-bond donors (Lipinski definition) is 1. The molecule has 0 unspecified atom stereocenters. The fourth-order valence-electron chi connectivity index (χ4n) is 9.80. The van der Waals surface area contributed by atoms with E-state index in [9.17, 15) is 0 Å². The van der Waals surface area contributed by atoms with E-state index in [4.69, 9.17) is 0 Å². The molecule has 41 heavy (non-hydrogen) atoms. The monoisotopic (exact) mass is 529 g/mol. The van der Waals surface area contributed by atoms with Crippen molar-refractivity contribution in [3.63, 3.8) is 0 Å². The van der Waals surface area contributed by atoms with Gasteiger partial charge in [0.05, 0.1) is 0 Å². The van der Waals surface area contributed by atoms with E-state index in [0.29, 0.717) is 0 Å². The molecule has 0 heterocycles. The van der Waals surface area contributed by atoms with Crippen LogP contribution in [0.3, 0.4) is 0 Å². The molecule has 0 atom stereocenters. The lowest BCUT2D eigenvalue weighted by Gasteiger charge is -2.61. The van der Waals surface area contributed by atoms with Crippen LogP contribution in [0.2, 0.25) is 0 Å². The molecular formula is C40H35N. The minimum absolute atomic E-state index is 0.191. The summed E-state index contributed by atoms with van der Waals surface area (Å²) in [5.74, 6) is 3.47. The molecule has 5 aromatic rings. The standard InChI is InChI=1S/C40H35N/c1-2-10-28(11-3-1)32-12-4-5-13-33(32)36-15-7-9-17-39(36)41-31-18-19-35-34-14-6-8-16-37(34)40(38(35)25-31)29-21-26-20-27(23-29)24-30(40)22-26/h1-19,25-27,29-30,41H,20-24H2. The SMILES string of the molecule is c1ccc(-c2ccccc2-c2ccccc2Nc2ccc3c(c2)C2(c4ccccc4-3)C3CC4CC(C3)CC2C4)cc1. The van der Waals surface area contributed by atoms with Gasteiger partial charge in [0.15, 0.2) is 0 Å². The van der Waals surface area contributed by atoms with Gasteiger partial charge in [-0.25, -0.2) is 0 Å². The van der Waals surface area contributed by atoms with Crippen molar-refractivity contribution in [2.75, 3.05) is 5.32 Å². The van der Waals surface area contributed by atoms with Gasteiger partial charge in [-0.05, 0) is 113 Å². The van der Waals surface area contributed by atoms with Crippen molar-refractivity contribution in [3.05, 3.63) is 132 Å². The first kappa shape index (κ1) is 23.6. The number of benzene rings is 5. The second-order valence-corrected chi connectivity index (χ2v) is 13.1. The Morgan fingerprint density at radius 1 is 0.463 bits per heavy atom. The molecule has 200 valence electrons. The summed E-state index contributed by atoms with van der Waals surface area (Å²) in [6, 6.07) is 45.0. The third-order valence-corrected chi connectivity index (χ3v) is 11.1. The Morgan fingerprint density at radius 2 is 1.05 bits per heavy atom. The summed E-state index contributed by atoms with van der Waals surface area (Å²) in [6.07, 6.45) is 7.14. The van der Waals surface area contributed by atoms with Crippen molar-refractivity contribution in [2.45, 2.75) is 37.5 Å². The molecule has 1 heteroatoms. The van der Waals surface area contributed by atoms with Crippen LogP contribution in [0.5, 0.6) is 0 Å². The molecule has 0 amide bonds. The normalized spacial score (nSPS) is 26.6. The minimum atomic E-state index is 0.191. The maximum atomic E-state index is 3.91. The lowest BCUT2D eigenvalue weighted by Crippen LogP contribution is -2.55. The summed E-state index contributed by atoms with van der Waals surface area (Å²) in [5, 5.41) is 3.91. The first-order chi connectivity index (χ1) is 20.3. The predicted molar refractivity (Wildman–Crippen MR) is 170 cm³/mol. The molecule has 5 aliphatic carbocycles. The Morgan fingerprint density at radius 3 is 1.80 bits per heavy atom. The van der Waals surface area contributed by atoms with Gasteiger partial charge in [0, 0.05) is 22.4 Å². The van der Waals surface area contributed by atoms with E-state index in [1.807, 2.05) is 0 Å². The molecule has 5 aliphatic rings. The summed E-state index contributed by atoms with van der Waals surface area (Å²) in [5.41, 5.74) is 13.7. The largest absolute Gasteiger partial charge is 0.355 e. The second-order valence-electron chi connectivity index (χ2n) is 13.1. The number of fused-ring (bicyclic) bond motifs is 3. The zero-order valence-corrected chi connectivity index (χ0v) is 23.4. The quantitative estimate of drug-likeness (QED) is 0.244. The highest BCUT2D eigenvalue weighted by Crippen LogP contribution is 2.69. The third kappa shape index (κ3) is 3.42. The molecule has 1 nitrogen and oxygen atoms in total. The highest BCUT2D eigenvalue weighted by atomic mass is 14.9. The van der Waals surface area contributed by atoms with Crippen LogP contribution in [0.1, 0.15) is 43.2 Å². The van der Waals surface area contributed by atoms with Crippen molar-refractivity contribution in [1.29, 1.82) is 0 Å². The van der Waals surface area contributed by atoms with Crippen molar-refractivity contribution in [1.82, 2.24) is 0 Å². The molecule has 0 saturated heterocycles. The zero-order valence-electron chi connectivity index (χ0n) is 23.4. The minimum Gasteiger partial charge on any atom is -0.355 e. The van der Waals surface area contributed by atoms with E-state index in [1.165, 1.54) is 71.2 Å². The molecule has 10 rings (SSSR count). The zero-order chi connectivity index (χ0) is 27.0. The molecule has 1 N–H and O–H groups in total. The average Bonchev–Trinajstić information content (AvgIpc) is 3.30. The first-order valence-corrected chi connectivity index (χ1v) is 15.5. The van der Waals surface area contributed by atoms with Gasteiger partial charge in [0.1, 0.15) is 0 Å². The van der Waals surface area contributed by atoms with Crippen LogP contribution in [0, 0.1) is 23.7 Å². The van der Waals surface area contributed by atoms with E-state index in [0.717, 1.165) is 29.4 Å². The Kier molecular flexibility index (Phi) is 5.15. The fraction of sp³-hybridized carbons (Fsp3) is 0.250. The first-order valence-electron chi connectivity index (χ1n) is 15.5. The van der Waals surface area contributed by atoms with Crippen LogP contribution in [0.4, 0.5) is 11.4 Å². The van der Waals surface area contributed by atoms with Crippen molar-refractivity contribution < 1.29 is 0 Å². The number of para-hydroxylation sites is 1. The van der Waals surface area contributed by atoms with Crippen LogP contribution in [-0.4, -0.2) is 0 Å². The Balaban J connectivity index is 1.16. The van der Waals surface area contributed by atoms with Crippen LogP contribution in [0.25, 0.3) is 33.4 Å². The van der Waals surface area contributed by atoms with Crippen LogP contribution >= 0.6 is 0 Å². The Bertz CT molecular complexity index is 1750. The molecule has 4 bridgehead atoms. The van der Waals surface area contributed by atoms with E-state index < -0.39 is 0 Å². The summed E-state index contributed by atoms with van der Waals surface area (Å²) in [4.78, 5) is 0. The molecule has 0 radical (unpaired) electrons. The summed E-state index contributed by atoms with van der Waals surface area (Å²) in [7, 11) is 0. The van der Waals surface area contributed by atoms with Crippen molar-refractivity contribution in [2.24, 2.45) is 23.7 Å². The van der Waals surface area contributed by atoms with E-state index in [1.54, 1.807) is 11.1 Å². The molecule has 1 spiro atoms. The van der Waals surface area contributed by atoms with E-state index >= 15 is 0 Å². The lowest BCUT2D eigenvalue weighted by molar-refractivity contribution is -0.0399. The van der Waals surface area contributed by atoms with Gasteiger partial charge in [0.25, 0.3) is 0 Å². The molecule has 0 aromatic heterocycles. The molecule has 0 aliphatic heterocycles.